The van der Waals surface area contributed by atoms with E-state index in [4.69, 9.17) is 9.26 Å². The predicted octanol–water partition coefficient (Wildman–Crippen LogP) is 3.32. The lowest BCUT2D eigenvalue weighted by Gasteiger charge is -2.03. The number of rotatable bonds is 3. The Morgan fingerprint density at radius 3 is 2.93 bits per heavy atom. The Hall–Kier alpha value is -1.29. The first-order valence-corrected chi connectivity index (χ1v) is 5.34. The van der Waals surface area contributed by atoms with Gasteiger partial charge in [0, 0.05) is 10.5 Å². The summed E-state index contributed by atoms with van der Waals surface area (Å²) in [4.78, 5) is 0. The Balaban J connectivity index is 1.99. The summed E-state index contributed by atoms with van der Waals surface area (Å²) in [6.45, 7) is 2.28. The van der Waals surface area contributed by atoms with Gasteiger partial charge >= 0.3 is 0 Å². The van der Waals surface area contributed by atoms with Crippen LogP contribution < -0.4 is 4.74 Å². The van der Waals surface area contributed by atoms with Crippen LogP contribution in [0, 0.1) is 6.92 Å². The average Bonchev–Trinajstić information content (AvgIpc) is 2.62. The van der Waals surface area contributed by atoms with Crippen LogP contribution in [0.2, 0.25) is 0 Å². The molecule has 3 nitrogen and oxygen atoms in total. The van der Waals surface area contributed by atoms with Crippen LogP contribution >= 0.6 is 15.9 Å². The van der Waals surface area contributed by atoms with Crippen molar-refractivity contribution >= 4 is 15.9 Å². The molecule has 0 radical (unpaired) electrons. The summed E-state index contributed by atoms with van der Waals surface area (Å²) in [6.07, 6.45) is 0. The molecule has 0 bridgehead atoms. The Kier molecular flexibility index (Phi) is 3.06. The number of aryl methyl sites for hydroxylation is 1. The minimum atomic E-state index is 0.424. The van der Waals surface area contributed by atoms with Crippen LogP contribution in [-0.2, 0) is 6.61 Å². The molecule has 0 N–H and O–H groups in total. The molecule has 0 atom stereocenters. The Labute approximate surface area is 96.2 Å². The van der Waals surface area contributed by atoms with E-state index in [1.54, 1.807) is 0 Å². The minimum Gasteiger partial charge on any atom is -0.487 e. The van der Waals surface area contributed by atoms with Gasteiger partial charge in [0.15, 0.2) is 0 Å². The van der Waals surface area contributed by atoms with Gasteiger partial charge in [-0.3, -0.25) is 0 Å². The van der Waals surface area contributed by atoms with E-state index in [2.05, 4.69) is 21.1 Å². The summed E-state index contributed by atoms with van der Waals surface area (Å²) in [7, 11) is 0. The molecule has 1 heterocycles. The van der Waals surface area contributed by atoms with Gasteiger partial charge < -0.3 is 9.26 Å². The van der Waals surface area contributed by atoms with E-state index >= 15 is 0 Å². The average molecular weight is 268 g/mol. The van der Waals surface area contributed by atoms with Gasteiger partial charge in [-0.25, -0.2) is 0 Å². The first-order valence-electron chi connectivity index (χ1n) is 4.54. The fourth-order valence-electron chi connectivity index (χ4n) is 1.20. The van der Waals surface area contributed by atoms with Crippen molar-refractivity contribution in [3.05, 3.63) is 46.3 Å². The highest BCUT2D eigenvalue weighted by Gasteiger charge is 2.01. The smallest absolute Gasteiger partial charge is 0.134 e. The van der Waals surface area contributed by atoms with Crippen molar-refractivity contribution in [2.75, 3.05) is 0 Å². The van der Waals surface area contributed by atoms with Crippen LogP contribution in [0.3, 0.4) is 0 Å². The normalized spacial score (nSPS) is 10.3. The molecule has 0 saturated heterocycles. The molecule has 78 valence electrons. The molecule has 0 aliphatic rings. The van der Waals surface area contributed by atoms with Crippen molar-refractivity contribution in [1.29, 1.82) is 0 Å². The van der Waals surface area contributed by atoms with E-state index in [1.165, 1.54) is 0 Å². The van der Waals surface area contributed by atoms with Gasteiger partial charge in [-0.1, -0.05) is 27.2 Å². The van der Waals surface area contributed by atoms with Crippen molar-refractivity contribution in [1.82, 2.24) is 5.16 Å². The van der Waals surface area contributed by atoms with Gasteiger partial charge in [-0.2, -0.15) is 0 Å². The molecule has 0 aliphatic carbocycles. The Morgan fingerprint density at radius 2 is 2.27 bits per heavy atom. The van der Waals surface area contributed by atoms with E-state index in [0.29, 0.717) is 6.61 Å². The second kappa shape index (κ2) is 4.49. The first kappa shape index (κ1) is 10.2. The third kappa shape index (κ3) is 2.83. The van der Waals surface area contributed by atoms with Gasteiger partial charge in [0.25, 0.3) is 0 Å². The number of benzene rings is 1. The lowest BCUT2D eigenvalue weighted by Crippen LogP contribution is -1.94. The van der Waals surface area contributed by atoms with E-state index in [-0.39, 0.29) is 0 Å². The van der Waals surface area contributed by atoms with Crippen molar-refractivity contribution in [3.63, 3.8) is 0 Å². The number of hydrogen-bond donors (Lipinski definition) is 0. The van der Waals surface area contributed by atoms with Gasteiger partial charge in [0.1, 0.15) is 23.8 Å². The number of ether oxygens (including phenoxy) is 1. The Bertz CT molecular complexity index is 453. The van der Waals surface area contributed by atoms with Gasteiger partial charge in [-0.15, -0.1) is 0 Å². The van der Waals surface area contributed by atoms with Crippen LogP contribution in [0.5, 0.6) is 5.75 Å². The molecule has 1 aromatic heterocycles. The zero-order valence-corrected chi connectivity index (χ0v) is 9.82. The largest absolute Gasteiger partial charge is 0.487 e. The highest BCUT2D eigenvalue weighted by molar-refractivity contribution is 9.10. The quantitative estimate of drug-likeness (QED) is 0.856. The van der Waals surface area contributed by atoms with Crippen LogP contribution in [0.1, 0.15) is 11.5 Å². The molecule has 2 aromatic rings. The molecule has 0 spiro atoms. The van der Waals surface area contributed by atoms with E-state index in [9.17, 15) is 0 Å². The summed E-state index contributed by atoms with van der Waals surface area (Å²) in [5, 5.41) is 3.84. The summed E-state index contributed by atoms with van der Waals surface area (Å²) in [6, 6.07) is 9.54. The van der Waals surface area contributed by atoms with Crippen molar-refractivity contribution in [3.8, 4) is 5.75 Å². The maximum absolute atomic E-state index is 5.53. The van der Waals surface area contributed by atoms with Crippen molar-refractivity contribution in [2.45, 2.75) is 13.5 Å². The van der Waals surface area contributed by atoms with Crippen molar-refractivity contribution < 1.29 is 9.26 Å². The van der Waals surface area contributed by atoms with Crippen LogP contribution in [-0.4, -0.2) is 5.16 Å². The van der Waals surface area contributed by atoms with Gasteiger partial charge in [0.2, 0.25) is 0 Å². The van der Waals surface area contributed by atoms with Crippen molar-refractivity contribution in [2.24, 2.45) is 0 Å². The zero-order valence-electron chi connectivity index (χ0n) is 8.24. The second-order valence-electron chi connectivity index (χ2n) is 3.17. The highest BCUT2D eigenvalue weighted by atomic mass is 79.9. The summed E-state index contributed by atoms with van der Waals surface area (Å²) in [5.74, 6) is 1.60. The third-order valence-electron chi connectivity index (χ3n) is 1.86. The summed E-state index contributed by atoms with van der Waals surface area (Å²) >= 11 is 3.38. The molecule has 0 saturated carbocycles. The molecule has 4 heteroatoms. The molecule has 0 aliphatic heterocycles. The van der Waals surface area contributed by atoms with Gasteiger partial charge in [0.05, 0.1) is 0 Å². The predicted molar refractivity (Wildman–Crippen MR) is 59.7 cm³/mol. The monoisotopic (exact) mass is 267 g/mol. The van der Waals surface area contributed by atoms with Crippen LogP contribution in [0.25, 0.3) is 0 Å². The molecule has 0 fully saturated rings. The number of hydrogen-bond acceptors (Lipinski definition) is 3. The molecular formula is C11H10BrNO2. The minimum absolute atomic E-state index is 0.424. The standard InChI is InChI=1S/C11H10BrNO2/c1-8-5-10(13-15-8)7-14-11-4-2-3-9(12)6-11/h2-6H,7H2,1H3. The fourth-order valence-corrected chi connectivity index (χ4v) is 1.58. The fraction of sp³-hybridized carbons (Fsp3) is 0.182. The van der Waals surface area contributed by atoms with E-state index < -0.39 is 0 Å². The highest BCUT2D eigenvalue weighted by Crippen LogP contribution is 2.18. The molecular weight excluding hydrogens is 258 g/mol. The topological polar surface area (TPSA) is 35.3 Å². The first-order chi connectivity index (χ1) is 7.24. The zero-order chi connectivity index (χ0) is 10.7. The maximum atomic E-state index is 5.53. The molecule has 2 rings (SSSR count). The van der Waals surface area contributed by atoms with Crippen LogP contribution in [0.4, 0.5) is 0 Å². The van der Waals surface area contributed by atoms with E-state index in [1.807, 2.05) is 37.3 Å². The summed E-state index contributed by atoms with van der Waals surface area (Å²) < 4.78 is 11.5. The second-order valence-corrected chi connectivity index (χ2v) is 4.09. The van der Waals surface area contributed by atoms with E-state index in [0.717, 1.165) is 21.7 Å². The SMILES string of the molecule is Cc1cc(COc2cccc(Br)c2)no1. The Morgan fingerprint density at radius 1 is 1.40 bits per heavy atom. The van der Waals surface area contributed by atoms with Crippen LogP contribution in [0.15, 0.2) is 39.3 Å². The summed E-state index contributed by atoms with van der Waals surface area (Å²) in [5.41, 5.74) is 0.799. The third-order valence-corrected chi connectivity index (χ3v) is 2.35. The molecule has 15 heavy (non-hydrogen) atoms. The lowest BCUT2D eigenvalue weighted by atomic mass is 10.3. The number of nitrogens with zero attached hydrogens (tertiary/aromatic N) is 1. The van der Waals surface area contributed by atoms with Gasteiger partial charge in [-0.05, 0) is 25.1 Å². The molecule has 0 amide bonds. The number of aromatic nitrogens is 1. The lowest BCUT2D eigenvalue weighted by molar-refractivity contribution is 0.287. The molecule has 1 aromatic carbocycles. The maximum Gasteiger partial charge on any atom is 0.134 e. The molecule has 0 unspecified atom stereocenters. The number of halogens is 1.